The number of carbonyl (C=O) groups is 2. The highest BCUT2D eigenvalue weighted by Crippen LogP contribution is 2.23. The molecule has 21 heavy (non-hydrogen) atoms. The second kappa shape index (κ2) is 6.43. The molecule has 1 saturated heterocycles. The van der Waals surface area contributed by atoms with Gasteiger partial charge in [0.15, 0.2) is 0 Å². The number of piperazine rings is 1. The third-order valence-corrected chi connectivity index (χ3v) is 3.34. The molecule has 0 radical (unpaired) electrons. The van der Waals surface area contributed by atoms with Crippen LogP contribution in [0.5, 0.6) is 0 Å². The van der Waals surface area contributed by atoms with Crippen LogP contribution in [0.15, 0.2) is 18.2 Å². The van der Waals surface area contributed by atoms with Crippen molar-refractivity contribution < 1.29 is 23.8 Å². The highest BCUT2D eigenvalue weighted by molar-refractivity contribution is 5.94. The van der Waals surface area contributed by atoms with E-state index in [1.54, 1.807) is 11.8 Å². The van der Waals surface area contributed by atoms with Crippen LogP contribution in [0.3, 0.4) is 0 Å². The molecule has 7 heteroatoms. The topological polar surface area (TPSA) is 70.1 Å². The van der Waals surface area contributed by atoms with Crippen molar-refractivity contribution in [3.05, 3.63) is 29.6 Å². The third-order valence-electron chi connectivity index (χ3n) is 3.34. The first kappa shape index (κ1) is 15.1. The van der Waals surface area contributed by atoms with Gasteiger partial charge in [0.05, 0.1) is 17.9 Å². The Morgan fingerprint density at radius 3 is 2.52 bits per heavy atom. The van der Waals surface area contributed by atoms with Crippen molar-refractivity contribution in [2.45, 2.75) is 6.92 Å². The Labute approximate surface area is 121 Å². The lowest BCUT2D eigenvalue weighted by Gasteiger charge is -2.36. The maximum atomic E-state index is 13.2. The van der Waals surface area contributed by atoms with Gasteiger partial charge in [-0.1, -0.05) is 0 Å². The molecule has 0 aliphatic carbocycles. The Kier molecular flexibility index (Phi) is 4.62. The van der Waals surface area contributed by atoms with E-state index in [2.05, 4.69) is 0 Å². The number of anilines is 1. The molecule has 1 fully saturated rings. The van der Waals surface area contributed by atoms with E-state index < -0.39 is 11.8 Å². The third kappa shape index (κ3) is 3.42. The summed E-state index contributed by atoms with van der Waals surface area (Å²) in [5.41, 5.74) is 0.395. The molecule has 1 aliphatic rings. The van der Waals surface area contributed by atoms with Gasteiger partial charge in [-0.25, -0.2) is 14.0 Å². The average Bonchev–Trinajstić information content (AvgIpc) is 2.47. The van der Waals surface area contributed by atoms with Crippen LogP contribution in [-0.4, -0.2) is 54.9 Å². The lowest BCUT2D eigenvalue weighted by atomic mass is 10.1. The average molecular weight is 296 g/mol. The molecule has 6 nitrogen and oxygen atoms in total. The molecule has 114 valence electrons. The summed E-state index contributed by atoms with van der Waals surface area (Å²) in [7, 11) is 0. The minimum absolute atomic E-state index is 0.0698. The summed E-state index contributed by atoms with van der Waals surface area (Å²) in [5, 5.41) is 9.15. The molecule has 1 N–H and O–H groups in total. The van der Waals surface area contributed by atoms with Crippen molar-refractivity contribution in [3.8, 4) is 0 Å². The number of rotatable bonds is 3. The van der Waals surface area contributed by atoms with Gasteiger partial charge in [-0.3, -0.25) is 0 Å². The number of carboxylic acid groups (broad SMARTS) is 1. The molecule has 2 rings (SSSR count). The van der Waals surface area contributed by atoms with Crippen LogP contribution in [0.2, 0.25) is 0 Å². The first-order valence-corrected chi connectivity index (χ1v) is 6.72. The number of halogens is 1. The van der Waals surface area contributed by atoms with Crippen LogP contribution in [0.4, 0.5) is 14.9 Å². The van der Waals surface area contributed by atoms with Crippen LogP contribution in [-0.2, 0) is 4.74 Å². The number of carbonyl (C=O) groups excluding carboxylic acids is 1. The highest BCUT2D eigenvalue weighted by atomic mass is 19.1. The second-order valence-corrected chi connectivity index (χ2v) is 4.64. The highest BCUT2D eigenvalue weighted by Gasteiger charge is 2.24. The molecule has 1 amide bonds. The standard InChI is InChI=1S/C14H17FN2O4/c1-2-21-14(20)17-7-5-16(6-8-17)12-4-3-10(15)9-11(12)13(18)19/h3-4,9H,2,5-8H2,1H3,(H,18,19). The van der Waals surface area contributed by atoms with Gasteiger partial charge in [0.1, 0.15) is 5.82 Å². The van der Waals surface area contributed by atoms with Gasteiger partial charge in [0.25, 0.3) is 0 Å². The number of benzene rings is 1. The number of aromatic carboxylic acids is 1. The molecule has 0 atom stereocenters. The van der Waals surface area contributed by atoms with Crippen molar-refractivity contribution >= 4 is 17.7 Å². The van der Waals surface area contributed by atoms with Crippen molar-refractivity contribution in [3.63, 3.8) is 0 Å². The molecule has 0 saturated carbocycles. The molecular weight excluding hydrogens is 279 g/mol. The SMILES string of the molecule is CCOC(=O)N1CCN(c2ccc(F)cc2C(=O)O)CC1. The fourth-order valence-corrected chi connectivity index (χ4v) is 2.30. The minimum Gasteiger partial charge on any atom is -0.478 e. The number of hydrogen-bond acceptors (Lipinski definition) is 4. The minimum atomic E-state index is -1.17. The molecule has 1 aromatic carbocycles. The summed E-state index contributed by atoms with van der Waals surface area (Å²) in [6, 6.07) is 3.70. The fraction of sp³-hybridized carbons (Fsp3) is 0.429. The molecule has 1 aliphatic heterocycles. The molecule has 0 spiro atoms. The largest absolute Gasteiger partial charge is 0.478 e. The van der Waals surface area contributed by atoms with E-state index >= 15 is 0 Å². The predicted molar refractivity (Wildman–Crippen MR) is 74.2 cm³/mol. The second-order valence-electron chi connectivity index (χ2n) is 4.64. The van der Waals surface area contributed by atoms with E-state index in [0.717, 1.165) is 6.07 Å². The molecule has 1 aromatic rings. The zero-order chi connectivity index (χ0) is 15.4. The molecule has 0 bridgehead atoms. The van der Waals surface area contributed by atoms with E-state index in [0.29, 0.717) is 38.5 Å². The van der Waals surface area contributed by atoms with Crippen LogP contribution in [0.1, 0.15) is 17.3 Å². The van der Waals surface area contributed by atoms with Gasteiger partial charge in [0.2, 0.25) is 0 Å². The maximum absolute atomic E-state index is 13.2. The number of nitrogens with zero attached hydrogens (tertiary/aromatic N) is 2. The summed E-state index contributed by atoms with van der Waals surface area (Å²) in [4.78, 5) is 26.2. The molecule has 0 unspecified atom stereocenters. The smallest absolute Gasteiger partial charge is 0.409 e. The summed E-state index contributed by atoms with van der Waals surface area (Å²) in [6.07, 6.45) is -0.366. The number of hydrogen-bond donors (Lipinski definition) is 1. The van der Waals surface area contributed by atoms with Gasteiger partial charge in [0, 0.05) is 26.2 Å². The van der Waals surface area contributed by atoms with Crippen LogP contribution in [0.25, 0.3) is 0 Å². The van der Waals surface area contributed by atoms with Crippen molar-refractivity contribution in [1.82, 2.24) is 4.90 Å². The number of carboxylic acids is 1. The van der Waals surface area contributed by atoms with E-state index in [-0.39, 0.29) is 11.7 Å². The monoisotopic (exact) mass is 296 g/mol. The fourth-order valence-electron chi connectivity index (χ4n) is 2.30. The van der Waals surface area contributed by atoms with Gasteiger partial charge in [-0.2, -0.15) is 0 Å². The van der Waals surface area contributed by atoms with E-state index in [9.17, 15) is 14.0 Å². The van der Waals surface area contributed by atoms with Gasteiger partial charge >= 0.3 is 12.1 Å². The van der Waals surface area contributed by atoms with Crippen LogP contribution < -0.4 is 4.90 Å². The van der Waals surface area contributed by atoms with Gasteiger partial charge in [-0.05, 0) is 25.1 Å². The summed E-state index contributed by atoms with van der Waals surface area (Å²) in [5.74, 6) is -1.75. The first-order valence-electron chi connectivity index (χ1n) is 6.72. The molecule has 0 aromatic heterocycles. The quantitative estimate of drug-likeness (QED) is 0.921. The summed E-state index contributed by atoms with van der Waals surface area (Å²) in [6.45, 7) is 3.89. The Bertz CT molecular complexity index is 542. The van der Waals surface area contributed by atoms with Crippen molar-refractivity contribution in [1.29, 1.82) is 0 Å². The van der Waals surface area contributed by atoms with E-state index in [4.69, 9.17) is 9.84 Å². The first-order chi connectivity index (χ1) is 10.0. The Morgan fingerprint density at radius 1 is 1.29 bits per heavy atom. The zero-order valence-corrected chi connectivity index (χ0v) is 11.7. The van der Waals surface area contributed by atoms with E-state index in [1.165, 1.54) is 12.1 Å². The van der Waals surface area contributed by atoms with E-state index in [1.807, 2.05) is 4.90 Å². The summed E-state index contributed by atoms with van der Waals surface area (Å²) < 4.78 is 18.1. The number of ether oxygens (including phenoxy) is 1. The van der Waals surface area contributed by atoms with Crippen molar-refractivity contribution in [2.75, 3.05) is 37.7 Å². The normalized spacial score (nSPS) is 15.0. The molecule has 1 heterocycles. The lowest BCUT2D eigenvalue weighted by molar-refractivity contribution is 0.0696. The zero-order valence-electron chi connectivity index (χ0n) is 11.7. The maximum Gasteiger partial charge on any atom is 0.409 e. The van der Waals surface area contributed by atoms with Gasteiger partial charge < -0.3 is 19.6 Å². The Balaban J connectivity index is 2.09. The number of amides is 1. The Morgan fingerprint density at radius 2 is 1.95 bits per heavy atom. The Hall–Kier alpha value is -2.31. The molecular formula is C14H17FN2O4. The lowest BCUT2D eigenvalue weighted by Crippen LogP contribution is -2.49. The predicted octanol–water partition coefficient (Wildman–Crippen LogP) is 1.80. The van der Waals surface area contributed by atoms with Crippen LogP contribution >= 0.6 is 0 Å². The summed E-state index contributed by atoms with van der Waals surface area (Å²) >= 11 is 0. The van der Waals surface area contributed by atoms with Crippen molar-refractivity contribution in [2.24, 2.45) is 0 Å². The van der Waals surface area contributed by atoms with Gasteiger partial charge in [-0.15, -0.1) is 0 Å². The van der Waals surface area contributed by atoms with Crippen LogP contribution in [0, 0.1) is 5.82 Å².